The molecule has 0 unspecified atom stereocenters. The number of fused-ring (bicyclic) bond motifs is 1. The van der Waals surface area contributed by atoms with Crippen LogP contribution in [0.15, 0.2) is 70.5 Å². The van der Waals surface area contributed by atoms with Gasteiger partial charge in [-0.2, -0.15) is 0 Å². The predicted octanol–water partition coefficient (Wildman–Crippen LogP) is 5.93. The number of H-pyrrole nitrogens is 1. The Kier molecular flexibility index (Phi) is 5.67. The van der Waals surface area contributed by atoms with Gasteiger partial charge in [0.05, 0.1) is 6.20 Å². The van der Waals surface area contributed by atoms with Gasteiger partial charge in [-0.3, -0.25) is 9.59 Å². The van der Waals surface area contributed by atoms with Gasteiger partial charge in [0.1, 0.15) is 11.3 Å². The average molecular weight is 480 g/mol. The van der Waals surface area contributed by atoms with Crippen LogP contribution in [0.25, 0.3) is 33.3 Å². The number of pyridine rings is 2. The molecule has 2 aromatic carbocycles. The van der Waals surface area contributed by atoms with Gasteiger partial charge in [-0.05, 0) is 56.5 Å². The summed E-state index contributed by atoms with van der Waals surface area (Å²) in [7, 11) is 3.42. The first-order valence-corrected chi connectivity index (χ1v) is 11.9. The maximum atomic E-state index is 13.1. The standard InChI is InChI=1S/C30H29N3O3/c1-17-10-11-18(2)21(12-17)25-13-23-24(15-33(6)30(35)28(23)31-25)22-14-27(34)32(5)16-26(22)36-29-19(3)8-7-9-20(29)4/h7-16,31H,1-6H3. The van der Waals surface area contributed by atoms with E-state index in [1.165, 1.54) is 4.57 Å². The van der Waals surface area contributed by atoms with Crippen LogP contribution in [0.3, 0.4) is 0 Å². The summed E-state index contributed by atoms with van der Waals surface area (Å²) in [5.41, 5.74) is 7.72. The number of benzene rings is 2. The van der Waals surface area contributed by atoms with Crippen molar-refractivity contribution >= 4 is 10.9 Å². The van der Waals surface area contributed by atoms with Crippen LogP contribution in [0, 0.1) is 27.7 Å². The minimum Gasteiger partial charge on any atom is -0.455 e. The van der Waals surface area contributed by atoms with E-state index in [9.17, 15) is 9.59 Å². The lowest BCUT2D eigenvalue weighted by molar-refractivity contribution is 0.470. The van der Waals surface area contributed by atoms with Crippen molar-refractivity contribution in [3.63, 3.8) is 0 Å². The van der Waals surface area contributed by atoms with Gasteiger partial charge in [-0.15, -0.1) is 0 Å². The molecule has 5 aromatic rings. The highest BCUT2D eigenvalue weighted by molar-refractivity contribution is 5.98. The lowest BCUT2D eigenvalue weighted by atomic mass is 10.0. The quantitative estimate of drug-likeness (QED) is 0.348. The van der Waals surface area contributed by atoms with Crippen molar-refractivity contribution in [2.45, 2.75) is 27.7 Å². The average Bonchev–Trinajstić information content (AvgIpc) is 3.28. The summed E-state index contributed by atoms with van der Waals surface area (Å²) < 4.78 is 9.50. The van der Waals surface area contributed by atoms with Crippen LogP contribution < -0.4 is 15.9 Å². The molecule has 0 fully saturated rings. The number of aromatic nitrogens is 3. The van der Waals surface area contributed by atoms with Crippen LogP contribution in [0.5, 0.6) is 11.5 Å². The van der Waals surface area contributed by atoms with Gasteiger partial charge in [0.15, 0.2) is 5.75 Å². The Labute approximate surface area is 209 Å². The van der Waals surface area contributed by atoms with E-state index in [1.807, 2.05) is 45.0 Å². The largest absolute Gasteiger partial charge is 0.455 e. The van der Waals surface area contributed by atoms with Crippen LogP contribution in [-0.2, 0) is 14.1 Å². The number of hydrogen-bond donors (Lipinski definition) is 1. The number of hydrogen-bond acceptors (Lipinski definition) is 3. The molecule has 3 heterocycles. The molecule has 0 aliphatic heterocycles. The van der Waals surface area contributed by atoms with Crippen molar-refractivity contribution < 1.29 is 4.74 Å². The Bertz CT molecular complexity index is 1750. The summed E-state index contributed by atoms with van der Waals surface area (Å²) >= 11 is 0. The van der Waals surface area contributed by atoms with Gasteiger partial charge in [-0.25, -0.2) is 0 Å². The van der Waals surface area contributed by atoms with E-state index in [0.717, 1.165) is 50.2 Å². The fraction of sp³-hybridized carbons (Fsp3) is 0.200. The normalized spacial score (nSPS) is 11.3. The van der Waals surface area contributed by atoms with Gasteiger partial charge in [-0.1, -0.05) is 35.9 Å². The Balaban J connectivity index is 1.79. The summed E-state index contributed by atoms with van der Waals surface area (Å²) in [5.74, 6) is 1.30. The zero-order chi connectivity index (χ0) is 25.7. The van der Waals surface area contributed by atoms with E-state index in [1.54, 1.807) is 37.1 Å². The van der Waals surface area contributed by atoms with E-state index in [2.05, 4.69) is 30.1 Å². The Hall–Kier alpha value is -4.32. The second-order valence-electron chi connectivity index (χ2n) is 9.57. The molecule has 0 atom stereocenters. The molecule has 3 aromatic heterocycles. The molecular formula is C30H29N3O3. The smallest absolute Gasteiger partial charge is 0.274 e. The number of rotatable bonds is 4. The topological polar surface area (TPSA) is 69.0 Å². The molecule has 1 N–H and O–H groups in total. The highest BCUT2D eigenvalue weighted by atomic mass is 16.5. The number of nitrogens with zero attached hydrogens (tertiary/aromatic N) is 2. The second-order valence-corrected chi connectivity index (χ2v) is 9.57. The van der Waals surface area contributed by atoms with Crippen molar-refractivity contribution in [2.75, 3.05) is 0 Å². The fourth-order valence-corrected chi connectivity index (χ4v) is 4.69. The van der Waals surface area contributed by atoms with Gasteiger partial charge in [0.2, 0.25) is 0 Å². The van der Waals surface area contributed by atoms with Crippen molar-refractivity contribution in [2.24, 2.45) is 14.1 Å². The number of aryl methyl sites for hydroxylation is 6. The lowest BCUT2D eigenvalue weighted by Gasteiger charge is -2.17. The molecule has 0 bridgehead atoms. The van der Waals surface area contributed by atoms with Crippen molar-refractivity contribution in [3.8, 4) is 33.9 Å². The zero-order valence-corrected chi connectivity index (χ0v) is 21.4. The van der Waals surface area contributed by atoms with Crippen LogP contribution in [0.2, 0.25) is 0 Å². The lowest BCUT2D eigenvalue weighted by Crippen LogP contribution is -2.18. The van der Waals surface area contributed by atoms with Crippen LogP contribution in [-0.4, -0.2) is 14.1 Å². The highest BCUT2D eigenvalue weighted by Crippen LogP contribution is 2.38. The monoisotopic (exact) mass is 479 g/mol. The van der Waals surface area contributed by atoms with Gasteiger partial charge < -0.3 is 18.9 Å². The molecule has 5 rings (SSSR count). The Morgan fingerprint density at radius 2 is 1.47 bits per heavy atom. The van der Waals surface area contributed by atoms with Crippen LogP contribution in [0.1, 0.15) is 22.3 Å². The van der Waals surface area contributed by atoms with E-state index in [4.69, 9.17) is 4.74 Å². The SMILES string of the molecule is Cc1ccc(C)c(-c2cc3c(-c4cc(=O)n(C)cc4Oc4c(C)cccc4C)cn(C)c(=O)c3[nH]2)c1. The van der Waals surface area contributed by atoms with Crippen molar-refractivity contribution in [1.29, 1.82) is 0 Å². The predicted molar refractivity (Wildman–Crippen MR) is 145 cm³/mol. The summed E-state index contributed by atoms with van der Waals surface area (Å²) in [4.78, 5) is 29.3. The molecule has 0 saturated carbocycles. The minimum absolute atomic E-state index is 0.133. The van der Waals surface area contributed by atoms with Gasteiger partial charge in [0, 0.05) is 54.1 Å². The molecule has 182 valence electrons. The third kappa shape index (κ3) is 3.94. The first-order chi connectivity index (χ1) is 17.1. The number of para-hydroxylation sites is 1. The summed E-state index contributed by atoms with van der Waals surface area (Å²) in [6.07, 6.45) is 3.48. The van der Waals surface area contributed by atoms with Crippen LogP contribution in [0.4, 0.5) is 0 Å². The van der Waals surface area contributed by atoms with E-state index in [-0.39, 0.29) is 11.1 Å². The summed E-state index contributed by atoms with van der Waals surface area (Å²) in [5, 5.41) is 0.744. The van der Waals surface area contributed by atoms with Gasteiger partial charge in [0.25, 0.3) is 11.1 Å². The molecule has 6 heteroatoms. The first kappa shape index (κ1) is 23.4. The first-order valence-electron chi connectivity index (χ1n) is 11.9. The highest BCUT2D eigenvalue weighted by Gasteiger charge is 2.19. The van der Waals surface area contributed by atoms with E-state index >= 15 is 0 Å². The number of ether oxygens (including phenoxy) is 1. The second kappa shape index (κ2) is 8.72. The molecule has 0 aliphatic carbocycles. The van der Waals surface area contributed by atoms with E-state index in [0.29, 0.717) is 16.8 Å². The van der Waals surface area contributed by atoms with E-state index < -0.39 is 0 Å². The number of aromatic amines is 1. The van der Waals surface area contributed by atoms with Gasteiger partial charge >= 0.3 is 0 Å². The Morgan fingerprint density at radius 1 is 0.750 bits per heavy atom. The molecule has 0 radical (unpaired) electrons. The molecule has 0 saturated heterocycles. The third-order valence-corrected chi connectivity index (χ3v) is 6.75. The van der Waals surface area contributed by atoms with Crippen molar-refractivity contribution in [3.05, 3.63) is 104 Å². The maximum Gasteiger partial charge on any atom is 0.274 e. The Morgan fingerprint density at radius 3 is 2.19 bits per heavy atom. The molecule has 0 spiro atoms. The third-order valence-electron chi connectivity index (χ3n) is 6.75. The molecule has 0 aliphatic rings. The molecule has 36 heavy (non-hydrogen) atoms. The molecular weight excluding hydrogens is 450 g/mol. The van der Waals surface area contributed by atoms with Crippen molar-refractivity contribution in [1.82, 2.24) is 14.1 Å². The number of nitrogens with one attached hydrogen (secondary N) is 1. The molecule has 0 amide bonds. The fourth-order valence-electron chi connectivity index (χ4n) is 4.69. The van der Waals surface area contributed by atoms with Crippen LogP contribution >= 0.6 is 0 Å². The minimum atomic E-state index is -0.161. The zero-order valence-electron chi connectivity index (χ0n) is 21.4. The summed E-state index contributed by atoms with van der Waals surface area (Å²) in [6.45, 7) is 8.09. The molecule has 6 nitrogen and oxygen atoms in total. The maximum absolute atomic E-state index is 13.1. The summed E-state index contributed by atoms with van der Waals surface area (Å²) in [6, 6.07) is 15.8.